The van der Waals surface area contributed by atoms with Crippen LogP contribution in [0.5, 0.6) is 0 Å². The number of hydrogen-bond acceptors (Lipinski definition) is 2. The van der Waals surface area contributed by atoms with Gasteiger partial charge in [-0.25, -0.2) is 4.39 Å². The molecule has 1 saturated heterocycles. The molecule has 118 valence electrons. The minimum absolute atomic E-state index is 0.101. The highest BCUT2D eigenvalue weighted by molar-refractivity contribution is 9.10. The average Bonchev–Trinajstić information content (AvgIpc) is 2.90. The molecule has 0 radical (unpaired) electrons. The Bertz CT molecular complexity index is 766. The predicted octanol–water partition coefficient (Wildman–Crippen LogP) is 3.58. The summed E-state index contributed by atoms with van der Waals surface area (Å²) in [5, 5.41) is 2.66. The Labute approximate surface area is 141 Å². The normalized spacial score (nSPS) is 17.4. The first-order valence-corrected chi connectivity index (χ1v) is 7.95. The second-order valence-electron chi connectivity index (χ2n) is 5.36. The van der Waals surface area contributed by atoms with Gasteiger partial charge in [0.2, 0.25) is 11.8 Å². The van der Waals surface area contributed by atoms with E-state index in [1.807, 2.05) is 24.3 Å². The van der Waals surface area contributed by atoms with Gasteiger partial charge in [0.25, 0.3) is 0 Å². The molecule has 0 spiro atoms. The number of amides is 2. The van der Waals surface area contributed by atoms with Crippen molar-refractivity contribution in [1.29, 1.82) is 0 Å². The van der Waals surface area contributed by atoms with Crippen LogP contribution in [0.4, 0.5) is 15.8 Å². The number of anilines is 2. The molecular weight excluding hydrogens is 363 g/mol. The SMILES string of the molecule is O=C(Nc1cccc(F)c1)[C@@H]1CC(=O)N(c2ccccc2Br)C1. The lowest BCUT2D eigenvalue weighted by atomic mass is 10.1. The summed E-state index contributed by atoms with van der Waals surface area (Å²) < 4.78 is 14.0. The first kappa shape index (κ1) is 15.7. The van der Waals surface area contributed by atoms with Crippen molar-refractivity contribution >= 4 is 39.1 Å². The van der Waals surface area contributed by atoms with Crippen LogP contribution in [0.1, 0.15) is 6.42 Å². The third-order valence-electron chi connectivity index (χ3n) is 3.73. The highest BCUT2D eigenvalue weighted by Gasteiger charge is 2.35. The van der Waals surface area contributed by atoms with Crippen molar-refractivity contribution in [1.82, 2.24) is 0 Å². The smallest absolute Gasteiger partial charge is 0.229 e. The number of nitrogens with zero attached hydrogens (tertiary/aromatic N) is 1. The molecule has 4 nitrogen and oxygen atoms in total. The van der Waals surface area contributed by atoms with Gasteiger partial charge in [0, 0.05) is 23.1 Å². The van der Waals surface area contributed by atoms with Crippen molar-refractivity contribution in [2.24, 2.45) is 5.92 Å². The number of benzene rings is 2. The molecule has 23 heavy (non-hydrogen) atoms. The fraction of sp³-hybridized carbons (Fsp3) is 0.176. The Morgan fingerprint density at radius 2 is 2.00 bits per heavy atom. The van der Waals surface area contributed by atoms with E-state index >= 15 is 0 Å². The highest BCUT2D eigenvalue weighted by Crippen LogP contribution is 2.31. The molecule has 3 rings (SSSR count). The molecule has 0 bridgehead atoms. The third-order valence-corrected chi connectivity index (χ3v) is 4.40. The van der Waals surface area contributed by atoms with E-state index in [9.17, 15) is 14.0 Å². The molecule has 1 atom stereocenters. The Hall–Kier alpha value is -2.21. The van der Waals surface area contributed by atoms with Crippen LogP contribution in [0.15, 0.2) is 53.0 Å². The highest BCUT2D eigenvalue weighted by atomic mass is 79.9. The fourth-order valence-electron chi connectivity index (χ4n) is 2.60. The van der Waals surface area contributed by atoms with Crippen LogP contribution in [0.25, 0.3) is 0 Å². The van der Waals surface area contributed by atoms with Gasteiger partial charge in [0.15, 0.2) is 0 Å². The summed E-state index contributed by atoms with van der Waals surface area (Å²) in [5.74, 6) is -1.26. The van der Waals surface area contributed by atoms with Gasteiger partial charge in [-0.1, -0.05) is 18.2 Å². The standard InChI is InChI=1S/C17H14BrFN2O2/c18-14-6-1-2-7-15(14)21-10-11(8-16(21)22)17(23)20-13-5-3-4-12(19)9-13/h1-7,9,11H,8,10H2,(H,20,23)/t11-/m1/s1. The van der Waals surface area contributed by atoms with Gasteiger partial charge in [0.1, 0.15) is 5.82 Å². The van der Waals surface area contributed by atoms with Crippen molar-refractivity contribution in [3.05, 3.63) is 58.8 Å². The molecule has 0 saturated carbocycles. The van der Waals surface area contributed by atoms with Gasteiger partial charge < -0.3 is 10.2 Å². The maximum atomic E-state index is 13.2. The van der Waals surface area contributed by atoms with E-state index in [1.54, 1.807) is 11.0 Å². The molecule has 1 aliphatic rings. The van der Waals surface area contributed by atoms with Gasteiger partial charge >= 0.3 is 0 Å². The van der Waals surface area contributed by atoms with E-state index in [0.29, 0.717) is 12.2 Å². The zero-order chi connectivity index (χ0) is 16.4. The van der Waals surface area contributed by atoms with E-state index < -0.39 is 11.7 Å². The number of para-hydroxylation sites is 1. The lowest BCUT2D eigenvalue weighted by Crippen LogP contribution is -2.28. The molecule has 0 unspecified atom stereocenters. The van der Waals surface area contributed by atoms with Gasteiger partial charge in [-0.05, 0) is 46.3 Å². The van der Waals surface area contributed by atoms with Crippen LogP contribution in [0, 0.1) is 11.7 Å². The van der Waals surface area contributed by atoms with E-state index in [-0.39, 0.29) is 18.2 Å². The van der Waals surface area contributed by atoms with Crippen LogP contribution in [0.3, 0.4) is 0 Å². The van der Waals surface area contributed by atoms with Crippen molar-refractivity contribution < 1.29 is 14.0 Å². The predicted molar refractivity (Wildman–Crippen MR) is 89.6 cm³/mol. The Morgan fingerprint density at radius 3 is 2.74 bits per heavy atom. The molecule has 1 N–H and O–H groups in total. The second kappa shape index (κ2) is 6.50. The third kappa shape index (κ3) is 3.42. The van der Waals surface area contributed by atoms with Crippen molar-refractivity contribution in [2.75, 3.05) is 16.8 Å². The van der Waals surface area contributed by atoms with E-state index in [0.717, 1.165) is 10.2 Å². The lowest BCUT2D eigenvalue weighted by molar-refractivity contribution is -0.122. The Kier molecular flexibility index (Phi) is 4.43. The first-order valence-electron chi connectivity index (χ1n) is 7.16. The number of nitrogens with one attached hydrogen (secondary N) is 1. The quantitative estimate of drug-likeness (QED) is 0.889. The second-order valence-corrected chi connectivity index (χ2v) is 6.21. The topological polar surface area (TPSA) is 49.4 Å². The largest absolute Gasteiger partial charge is 0.326 e. The summed E-state index contributed by atoms with van der Waals surface area (Å²) in [5.41, 5.74) is 1.14. The van der Waals surface area contributed by atoms with Crippen LogP contribution in [0.2, 0.25) is 0 Å². The summed E-state index contributed by atoms with van der Waals surface area (Å²) in [6, 6.07) is 13.1. The molecule has 1 aliphatic heterocycles. The van der Waals surface area contributed by atoms with Crippen LogP contribution >= 0.6 is 15.9 Å². The minimum atomic E-state index is -0.460. The molecule has 2 amide bonds. The molecule has 1 fully saturated rings. The summed E-state index contributed by atoms with van der Waals surface area (Å²) in [6.07, 6.45) is 0.141. The number of rotatable bonds is 3. The lowest BCUT2D eigenvalue weighted by Gasteiger charge is -2.18. The number of halogens is 2. The van der Waals surface area contributed by atoms with E-state index in [1.165, 1.54) is 18.2 Å². The summed E-state index contributed by atoms with van der Waals surface area (Å²) in [7, 11) is 0. The molecule has 2 aromatic rings. The molecule has 0 aromatic heterocycles. The maximum absolute atomic E-state index is 13.2. The minimum Gasteiger partial charge on any atom is -0.326 e. The molecule has 0 aliphatic carbocycles. The van der Waals surface area contributed by atoms with Crippen molar-refractivity contribution in [3.63, 3.8) is 0 Å². The molecular formula is C17H14BrFN2O2. The van der Waals surface area contributed by atoms with E-state index in [4.69, 9.17) is 0 Å². The van der Waals surface area contributed by atoms with Crippen molar-refractivity contribution in [3.8, 4) is 0 Å². The zero-order valence-electron chi connectivity index (χ0n) is 12.1. The maximum Gasteiger partial charge on any atom is 0.229 e. The first-order chi connectivity index (χ1) is 11.0. The van der Waals surface area contributed by atoms with Crippen molar-refractivity contribution in [2.45, 2.75) is 6.42 Å². The van der Waals surface area contributed by atoms with Gasteiger partial charge in [-0.3, -0.25) is 9.59 Å². The van der Waals surface area contributed by atoms with Crippen LogP contribution in [-0.4, -0.2) is 18.4 Å². The number of carbonyl (C=O) groups excluding carboxylic acids is 2. The van der Waals surface area contributed by atoms with Gasteiger partial charge in [-0.15, -0.1) is 0 Å². The fourth-order valence-corrected chi connectivity index (χ4v) is 3.10. The molecule has 2 aromatic carbocycles. The van der Waals surface area contributed by atoms with Gasteiger partial charge in [-0.2, -0.15) is 0 Å². The van der Waals surface area contributed by atoms with Gasteiger partial charge in [0.05, 0.1) is 11.6 Å². The Balaban J connectivity index is 1.72. The molecule has 1 heterocycles. The monoisotopic (exact) mass is 376 g/mol. The number of hydrogen-bond donors (Lipinski definition) is 1. The summed E-state index contributed by atoms with van der Waals surface area (Å²) in [4.78, 5) is 26.1. The van der Waals surface area contributed by atoms with Crippen LogP contribution in [-0.2, 0) is 9.59 Å². The Morgan fingerprint density at radius 1 is 1.22 bits per heavy atom. The average molecular weight is 377 g/mol. The number of carbonyl (C=O) groups is 2. The summed E-state index contributed by atoms with van der Waals surface area (Å²) >= 11 is 3.42. The summed E-state index contributed by atoms with van der Waals surface area (Å²) in [6.45, 7) is 0.308. The molecule has 6 heteroatoms. The van der Waals surface area contributed by atoms with Crippen LogP contribution < -0.4 is 10.2 Å². The zero-order valence-corrected chi connectivity index (χ0v) is 13.7. The van der Waals surface area contributed by atoms with E-state index in [2.05, 4.69) is 21.2 Å².